The van der Waals surface area contributed by atoms with Crippen molar-refractivity contribution in [1.82, 2.24) is 19.6 Å². The summed E-state index contributed by atoms with van der Waals surface area (Å²) in [6, 6.07) is 10.1. The lowest BCUT2D eigenvalue weighted by atomic mass is 10.3. The van der Waals surface area contributed by atoms with E-state index >= 15 is 0 Å². The zero-order chi connectivity index (χ0) is 16.8. The summed E-state index contributed by atoms with van der Waals surface area (Å²) in [5.74, 6) is 0.213. The molecule has 0 spiro atoms. The molecule has 0 bridgehead atoms. The second kappa shape index (κ2) is 8.08. The van der Waals surface area contributed by atoms with Gasteiger partial charge in [-0.1, -0.05) is 18.2 Å². The van der Waals surface area contributed by atoms with E-state index in [1.165, 1.54) is 0 Å². The predicted molar refractivity (Wildman–Crippen MR) is 91.9 cm³/mol. The Kier molecular flexibility index (Phi) is 5.61. The van der Waals surface area contributed by atoms with E-state index in [0.29, 0.717) is 32.7 Å². The molecular formula is C18H24N4O2. The molecular weight excluding hydrogens is 304 g/mol. The Hall–Kier alpha value is -2.18. The summed E-state index contributed by atoms with van der Waals surface area (Å²) in [4.78, 5) is 16.2. The summed E-state index contributed by atoms with van der Waals surface area (Å²) >= 11 is 0. The summed E-state index contributed by atoms with van der Waals surface area (Å²) in [7, 11) is 2.03. The van der Waals surface area contributed by atoms with E-state index in [9.17, 15) is 4.79 Å². The number of hydrogen-bond donors (Lipinski definition) is 0. The lowest BCUT2D eigenvalue weighted by Gasteiger charge is -2.27. The molecule has 1 saturated heterocycles. The van der Waals surface area contributed by atoms with Gasteiger partial charge in [-0.3, -0.25) is 4.79 Å². The number of aromatic nitrogens is 2. The highest BCUT2D eigenvalue weighted by molar-refractivity contribution is 5.76. The minimum Gasteiger partial charge on any atom is -0.378 e. The largest absolute Gasteiger partial charge is 0.378 e. The van der Waals surface area contributed by atoms with Crippen LogP contribution in [0, 0.1) is 0 Å². The normalized spacial score (nSPS) is 15.0. The molecule has 24 heavy (non-hydrogen) atoms. The van der Waals surface area contributed by atoms with Crippen molar-refractivity contribution in [3.63, 3.8) is 0 Å². The molecule has 6 nitrogen and oxygen atoms in total. The number of benzene rings is 1. The Morgan fingerprint density at radius 2 is 2.00 bits per heavy atom. The maximum atomic E-state index is 12.2. The van der Waals surface area contributed by atoms with E-state index in [0.717, 1.165) is 24.3 Å². The second-order valence-electron chi connectivity index (χ2n) is 6.11. The van der Waals surface area contributed by atoms with E-state index < -0.39 is 0 Å². The first-order valence-electron chi connectivity index (χ1n) is 8.35. The molecule has 6 heteroatoms. The van der Waals surface area contributed by atoms with Gasteiger partial charge in [-0.25, -0.2) is 4.68 Å². The lowest BCUT2D eigenvalue weighted by Crippen LogP contribution is -2.41. The van der Waals surface area contributed by atoms with Gasteiger partial charge >= 0.3 is 0 Å². The number of rotatable bonds is 6. The molecule has 3 rings (SSSR count). The van der Waals surface area contributed by atoms with Crippen molar-refractivity contribution in [2.24, 2.45) is 0 Å². The van der Waals surface area contributed by atoms with Gasteiger partial charge in [0, 0.05) is 44.4 Å². The zero-order valence-electron chi connectivity index (χ0n) is 14.1. The number of nitrogens with zero attached hydrogens (tertiary/aromatic N) is 4. The Bertz CT molecular complexity index is 650. The van der Waals surface area contributed by atoms with E-state index in [-0.39, 0.29) is 5.91 Å². The van der Waals surface area contributed by atoms with Crippen molar-refractivity contribution in [2.75, 3.05) is 39.9 Å². The maximum absolute atomic E-state index is 12.2. The van der Waals surface area contributed by atoms with Crippen molar-refractivity contribution in [1.29, 1.82) is 0 Å². The van der Waals surface area contributed by atoms with Crippen LogP contribution in [-0.2, 0) is 16.1 Å². The number of para-hydroxylation sites is 1. The van der Waals surface area contributed by atoms with Gasteiger partial charge in [-0.15, -0.1) is 0 Å². The fourth-order valence-corrected chi connectivity index (χ4v) is 2.81. The Balaban J connectivity index is 1.47. The Morgan fingerprint density at radius 3 is 2.75 bits per heavy atom. The molecule has 2 heterocycles. The topological polar surface area (TPSA) is 50.6 Å². The minimum absolute atomic E-state index is 0.213. The van der Waals surface area contributed by atoms with Gasteiger partial charge in [0.2, 0.25) is 5.91 Å². The van der Waals surface area contributed by atoms with Gasteiger partial charge < -0.3 is 14.5 Å². The van der Waals surface area contributed by atoms with E-state index in [4.69, 9.17) is 4.74 Å². The third-order valence-corrected chi connectivity index (χ3v) is 4.18. The monoisotopic (exact) mass is 328 g/mol. The average molecular weight is 328 g/mol. The van der Waals surface area contributed by atoms with Crippen LogP contribution in [0.2, 0.25) is 0 Å². The second-order valence-corrected chi connectivity index (χ2v) is 6.11. The highest BCUT2D eigenvalue weighted by Gasteiger charge is 2.17. The van der Waals surface area contributed by atoms with Gasteiger partial charge in [0.1, 0.15) is 0 Å². The van der Waals surface area contributed by atoms with Gasteiger partial charge in [0.05, 0.1) is 25.1 Å². The average Bonchev–Trinajstić information content (AvgIpc) is 3.09. The first-order chi connectivity index (χ1) is 11.7. The number of carbonyl (C=O) groups excluding carboxylic acids is 1. The molecule has 1 aromatic heterocycles. The van der Waals surface area contributed by atoms with Gasteiger partial charge in [0.25, 0.3) is 0 Å². The van der Waals surface area contributed by atoms with Crippen LogP contribution in [0.1, 0.15) is 12.0 Å². The first-order valence-corrected chi connectivity index (χ1v) is 8.35. The van der Waals surface area contributed by atoms with Crippen molar-refractivity contribution in [3.8, 4) is 5.69 Å². The Labute approximate surface area is 142 Å². The minimum atomic E-state index is 0.213. The predicted octanol–water partition coefficient (Wildman–Crippen LogP) is 1.55. The molecule has 128 valence electrons. The molecule has 2 aromatic rings. The van der Waals surface area contributed by atoms with E-state index in [2.05, 4.69) is 10.00 Å². The Morgan fingerprint density at radius 1 is 1.25 bits per heavy atom. The van der Waals surface area contributed by atoms with E-state index in [1.807, 2.05) is 59.4 Å². The van der Waals surface area contributed by atoms with Crippen LogP contribution in [-0.4, -0.2) is 65.4 Å². The zero-order valence-corrected chi connectivity index (χ0v) is 14.1. The molecule has 1 amide bonds. The fraction of sp³-hybridized carbons (Fsp3) is 0.444. The standard InChI is InChI=1S/C18H24N4O2/c1-20(8-7-18(23)21-9-11-24-12-10-21)14-16-13-19-22(15-16)17-5-3-2-4-6-17/h2-6,13,15H,7-12,14H2,1H3. The summed E-state index contributed by atoms with van der Waals surface area (Å²) in [6.45, 7) is 4.26. The number of amides is 1. The molecule has 0 unspecified atom stereocenters. The van der Waals surface area contributed by atoms with Crippen LogP contribution in [0.4, 0.5) is 0 Å². The molecule has 1 aliphatic heterocycles. The van der Waals surface area contributed by atoms with Crippen LogP contribution >= 0.6 is 0 Å². The number of morpholine rings is 1. The molecule has 1 aliphatic rings. The summed E-state index contributed by atoms with van der Waals surface area (Å²) in [6.07, 6.45) is 4.46. The van der Waals surface area contributed by atoms with E-state index in [1.54, 1.807) is 0 Å². The highest BCUT2D eigenvalue weighted by atomic mass is 16.5. The molecule has 0 radical (unpaired) electrons. The maximum Gasteiger partial charge on any atom is 0.224 e. The molecule has 1 fully saturated rings. The molecule has 0 saturated carbocycles. The lowest BCUT2D eigenvalue weighted by molar-refractivity contribution is -0.135. The van der Waals surface area contributed by atoms with Crippen LogP contribution in [0.25, 0.3) is 5.69 Å². The number of hydrogen-bond acceptors (Lipinski definition) is 4. The molecule has 1 aromatic carbocycles. The fourth-order valence-electron chi connectivity index (χ4n) is 2.81. The van der Waals surface area contributed by atoms with Crippen LogP contribution in [0.5, 0.6) is 0 Å². The molecule has 0 N–H and O–H groups in total. The quantitative estimate of drug-likeness (QED) is 0.807. The van der Waals surface area contributed by atoms with Crippen molar-refractivity contribution >= 4 is 5.91 Å². The van der Waals surface area contributed by atoms with Crippen molar-refractivity contribution in [2.45, 2.75) is 13.0 Å². The molecule has 0 aliphatic carbocycles. The number of ether oxygens (including phenoxy) is 1. The third kappa shape index (κ3) is 4.43. The molecule has 0 atom stereocenters. The van der Waals surface area contributed by atoms with Gasteiger partial charge in [0.15, 0.2) is 0 Å². The van der Waals surface area contributed by atoms with Crippen LogP contribution < -0.4 is 0 Å². The van der Waals surface area contributed by atoms with Crippen LogP contribution in [0.15, 0.2) is 42.7 Å². The third-order valence-electron chi connectivity index (χ3n) is 4.18. The first kappa shape index (κ1) is 16.7. The van der Waals surface area contributed by atoms with Crippen molar-refractivity contribution < 1.29 is 9.53 Å². The van der Waals surface area contributed by atoms with Gasteiger partial charge in [-0.05, 0) is 19.2 Å². The smallest absolute Gasteiger partial charge is 0.224 e. The summed E-state index contributed by atoms with van der Waals surface area (Å²) in [5, 5.41) is 4.41. The number of carbonyl (C=O) groups is 1. The summed E-state index contributed by atoms with van der Waals surface area (Å²) in [5.41, 5.74) is 2.19. The van der Waals surface area contributed by atoms with Gasteiger partial charge in [-0.2, -0.15) is 5.10 Å². The van der Waals surface area contributed by atoms with Crippen LogP contribution in [0.3, 0.4) is 0 Å². The SMILES string of the molecule is CN(CCC(=O)N1CCOCC1)Cc1cnn(-c2ccccc2)c1. The highest BCUT2D eigenvalue weighted by Crippen LogP contribution is 2.09. The van der Waals surface area contributed by atoms with Crippen molar-refractivity contribution in [3.05, 3.63) is 48.3 Å². The summed E-state index contributed by atoms with van der Waals surface area (Å²) < 4.78 is 7.16.